The quantitative estimate of drug-likeness (QED) is 0.778. The molecule has 1 amide bonds. The monoisotopic (exact) mass is 325 g/mol. The van der Waals surface area contributed by atoms with E-state index >= 15 is 0 Å². The van der Waals surface area contributed by atoms with Crippen molar-refractivity contribution in [2.75, 3.05) is 5.32 Å². The lowest BCUT2D eigenvalue weighted by molar-refractivity contribution is -0.114. The zero-order valence-corrected chi connectivity index (χ0v) is 13.1. The maximum absolute atomic E-state index is 10.9. The first-order valence-electron chi connectivity index (χ1n) is 5.99. The smallest absolute Gasteiger partial charge is 0.221 e. The lowest BCUT2D eigenvalue weighted by Crippen LogP contribution is -2.05. The van der Waals surface area contributed by atoms with E-state index in [1.165, 1.54) is 6.92 Å². The molecule has 104 valence electrons. The summed E-state index contributed by atoms with van der Waals surface area (Å²) in [4.78, 5) is 12.0. The molecule has 0 spiro atoms. The van der Waals surface area contributed by atoms with Crippen LogP contribution in [0.5, 0.6) is 0 Å². The van der Waals surface area contributed by atoms with Gasteiger partial charge in [-0.25, -0.2) is 0 Å². The molecular weight excluding hydrogens is 313 g/mol. The number of carbonyl (C=O) groups excluding carboxylic acids is 1. The Labute approximate surface area is 132 Å². The van der Waals surface area contributed by atoms with E-state index in [2.05, 4.69) is 5.32 Å². The highest BCUT2D eigenvalue weighted by atomic mass is 35.5. The molecule has 0 unspecified atom stereocenters. The fourth-order valence-corrected chi connectivity index (χ4v) is 3.09. The van der Waals surface area contributed by atoms with Crippen LogP contribution in [-0.4, -0.2) is 5.91 Å². The Morgan fingerprint density at radius 3 is 2.45 bits per heavy atom. The second-order valence-corrected chi connectivity index (χ2v) is 6.12. The number of rotatable bonds is 4. The van der Waals surface area contributed by atoms with Crippen LogP contribution in [0.3, 0.4) is 0 Å². The first-order valence-corrected chi connectivity index (χ1v) is 7.73. The van der Waals surface area contributed by atoms with Crippen LogP contribution in [0, 0.1) is 0 Å². The van der Waals surface area contributed by atoms with Crippen molar-refractivity contribution in [2.45, 2.75) is 17.6 Å². The predicted octanol–water partition coefficient (Wildman–Crippen LogP) is 5.24. The van der Waals surface area contributed by atoms with Crippen molar-refractivity contribution in [3.8, 4) is 0 Å². The van der Waals surface area contributed by atoms with Crippen LogP contribution in [0.15, 0.2) is 47.4 Å². The molecule has 0 atom stereocenters. The number of halogens is 2. The standard InChI is InChI=1S/C15H13Cl2NOS/c1-10(19)18-13-4-6-14(7-5-13)20-9-11-2-3-12(16)8-15(11)17/h2-8H,9H2,1H3,(H,18,19). The average molecular weight is 326 g/mol. The Balaban J connectivity index is 1.98. The molecule has 2 aromatic rings. The van der Waals surface area contributed by atoms with Gasteiger partial charge in [-0.05, 0) is 42.0 Å². The van der Waals surface area contributed by atoms with Crippen LogP contribution in [0.25, 0.3) is 0 Å². The molecule has 0 bridgehead atoms. The van der Waals surface area contributed by atoms with Crippen molar-refractivity contribution in [3.05, 3.63) is 58.1 Å². The predicted molar refractivity (Wildman–Crippen MR) is 86.8 cm³/mol. The third-order valence-corrected chi connectivity index (χ3v) is 4.23. The van der Waals surface area contributed by atoms with Crippen LogP contribution in [0.4, 0.5) is 5.69 Å². The summed E-state index contributed by atoms with van der Waals surface area (Å²) >= 11 is 13.7. The SMILES string of the molecule is CC(=O)Nc1ccc(SCc2ccc(Cl)cc2Cl)cc1. The maximum Gasteiger partial charge on any atom is 0.221 e. The Morgan fingerprint density at radius 1 is 1.15 bits per heavy atom. The van der Waals surface area contributed by atoms with Gasteiger partial charge in [-0.1, -0.05) is 29.3 Å². The summed E-state index contributed by atoms with van der Waals surface area (Å²) in [6.45, 7) is 1.49. The Kier molecular flexibility index (Phi) is 5.35. The molecule has 5 heteroatoms. The fraction of sp³-hybridized carbons (Fsp3) is 0.133. The van der Waals surface area contributed by atoms with Crippen molar-refractivity contribution in [1.29, 1.82) is 0 Å². The first-order chi connectivity index (χ1) is 9.54. The van der Waals surface area contributed by atoms with Crippen molar-refractivity contribution in [3.63, 3.8) is 0 Å². The van der Waals surface area contributed by atoms with Gasteiger partial charge in [0.2, 0.25) is 5.91 Å². The van der Waals surface area contributed by atoms with Crippen LogP contribution in [-0.2, 0) is 10.5 Å². The summed E-state index contributed by atoms with van der Waals surface area (Å²) in [6, 6.07) is 13.2. The maximum atomic E-state index is 10.9. The van der Waals surface area contributed by atoms with Gasteiger partial charge in [0.25, 0.3) is 0 Å². The first kappa shape index (κ1) is 15.2. The lowest BCUT2D eigenvalue weighted by Gasteiger charge is -2.06. The molecule has 0 radical (unpaired) electrons. The van der Waals surface area contributed by atoms with Crippen molar-refractivity contribution in [2.24, 2.45) is 0 Å². The lowest BCUT2D eigenvalue weighted by atomic mass is 10.2. The van der Waals surface area contributed by atoms with Gasteiger partial charge in [0.15, 0.2) is 0 Å². The third kappa shape index (κ3) is 4.44. The largest absolute Gasteiger partial charge is 0.326 e. The molecule has 2 aromatic carbocycles. The third-order valence-electron chi connectivity index (χ3n) is 2.58. The normalized spacial score (nSPS) is 10.3. The summed E-state index contributed by atoms with van der Waals surface area (Å²) in [5.74, 6) is 0.702. The van der Waals surface area contributed by atoms with Crippen molar-refractivity contribution >= 4 is 46.6 Å². The van der Waals surface area contributed by atoms with Gasteiger partial charge in [-0.15, -0.1) is 11.8 Å². The zero-order valence-electron chi connectivity index (χ0n) is 10.8. The molecule has 2 rings (SSSR count). The number of benzene rings is 2. The highest BCUT2D eigenvalue weighted by Gasteiger charge is 2.03. The summed E-state index contributed by atoms with van der Waals surface area (Å²) in [6.07, 6.45) is 0. The number of anilines is 1. The summed E-state index contributed by atoms with van der Waals surface area (Å²) in [7, 11) is 0. The molecule has 1 N–H and O–H groups in total. The molecule has 0 saturated heterocycles. The van der Waals surface area contributed by atoms with E-state index in [0.717, 1.165) is 21.9 Å². The van der Waals surface area contributed by atoms with Crippen LogP contribution >= 0.6 is 35.0 Å². The summed E-state index contributed by atoms with van der Waals surface area (Å²) in [5.41, 5.74) is 1.85. The minimum absolute atomic E-state index is 0.0710. The molecule has 0 aliphatic heterocycles. The minimum Gasteiger partial charge on any atom is -0.326 e. The number of hydrogen-bond donors (Lipinski definition) is 1. The molecule has 0 fully saturated rings. The molecule has 20 heavy (non-hydrogen) atoms. The van der Waals surface area contributed by atoms with Crippen LogP contribution in [0.2, 0.25) is 10.0 Å². The van der Waals surface area contributed by atoms with E-state index in [0.29, 0.717) is 10.0 Å². The van der Waals surface area contributed by atoms with E-state index in [1.807, 2.05) is 36.4 Å². The number of thioether (sulfide) groups is 1. The van der Waals surface area contributed by atoms with E-state index < -0.39 is 0 Å². The number of carbonyl (C=O) groups is 1. The van der Waals surface area contributed by atoms with Gasteiger partial charge in [0.05, 0.1) is 0 Å². The van der Waals surface area contributed by atoms with Gasteiger partial charge in [0.1, 0.15) is 0 Å². The van der Waals surface area contributed by atoms with Crippen molar-refractivity contribution in [1.82, 2.24) is 0 Å². The summed E-state index contributed by atoms with van der Waals surface area (Å²) in [5, 5.41) is 4.06. The number of hydrogen-bond acceptors (Lipinski definition) is 2. The second-order valence-electron chi connectivity index (χ2n) is 4.23. The fourth-order valence-electron chi connectivity index (χ4n) is 1.64. The van der Waals surface area contributed by atoms with Gasteiger partial charge in [-0.3, -0.25) is 4.79 Å². The Bertz CT molecular complexity index is 614. The van der Waals surface area contributed by atoms with Gasteiger partial charge in [0, 0.05) is 33.3 Å². The second kappa shape index (κ2) is 7.02. The van der Waals surface area contributed by atoms with Crippen LogP contribution in [0.1, 0.15) is 12.5 Å². The van der Waals surface area contributed by atoms with Gasteiger partial charge in [-0.2, -0.15) is 0 Å². The van der Waals surface area contributed by atoms with E-state index in [9.17, 15) is 4.79 Å². The van der Waals surface area contributed by atoms with E-state index in [4.69, 9.17) is 23.2 Å². The Morgan fingerprint density at radius 2 is 1.85 bits per heavy atom. The molecular formula is C15H13Cl2NOS. The highest BCUT2D eigenvalue weighted by Crippen LogP contribution is 2.29. The Hall–Kier alpha value is -1.16. The molecule has 0 aromatic heterocycles. The molecule has 2 nitrogen and oxygen atoms in total. The molecule has 0 aliphatic rings. The van der Waals surface area contributed by atoms with E-state index in [-0.39, 0.29) is 5.91 Å². The average Bonchev–Trinajstić information content (AvgIpc) is 2.39. The zero-order chi connectivity index (χ0) is 14.5. The topological polar surface area (TPSA) is 29.1 Å². The van der Waals surface area contributed by atoms with Crippen molar-refractivity contribution < 1.29 is 4.79 Å². The summed E-state index contributed by atoms with van der Waals surface area (Å²) < 4.78 is 0. The van der Waals surface area contributed by atoms with Crippen LogP contribution < -0.4 is 5.32 Å². The molecule has 0 heterocycles. The van der Waals surface area contributed by atoms with E-state index in [1.54, 1.807) is 17.8 Å². The number of nitrogens with one attached hydrogen (secondary N) is 1. The molecule has 0 aliphatic carbocycles. The minimum atomic E-state index is -0.0710. The highest BCUT2D eigenvalue weighted by molar-refractivity contribution is 7.98. The van der Waals surface area contributed by atoms with Gasteiger partial charge < -0.3 is 5.32 Å². The molecule has 0 saturated carbocycles. The number of amides is 1. The van der Waals surface area contributed by atoms with Gasteiger partial charge >= 0.3 is 0 Å².